The predicted octanol–water partition coefficient (Wildman–Crippen LogP) is 3.28. The number of amides is 1. The van der Waals surface area contributed by atoms with Crippen molar-refractivity contribution in [2.75, 3.05) is 0 Å². The molecule has 1 aromatic heterocycles. The lowest BCUT2D eigenvalue weighted by Crippen LogP contribution is -2.17. The SMILES string of the molecule is O=C(O)CCn1cc(/C=C2/SC(=S)NC2=O)c(-c2cccc(Br)c2)n1. The molecule has 0 saturated carbocycles. The normalized spacial score (nSPS) is 15.6. The van der Waals surface area contributed by atoms with Gasteiger partial charge in [0.15, 0.2) is 0 Å². The minimum absolute atomic E-state index is 0.0328. The van der Waals surface area contributed by atoms with Crippen molar-refractivity contribution in [2.45, 2.75) is 13.0 Å². The Kier molecular flexibility index (Phi) is 5.36. The summed E-state index contributed by atoms with van der Waals surface area (Å²) < 4.78 is 2.89. The zero-order valence-electron chi connectivity index (χ0n) is 12.7. The number of aliphatic carboxylic acids is 1. The summed E-state index contributed by atoms with van der Waals surface area (Å²) in [4.78, 5) is 23.2. The maximum Gasteiger partial charge on any atom is 0.305 e. The van der Waals surface area contributed by atoms with Crippen LogP contribution in [0.5, 0.6) is 0 Å². The highest BCUT2D eigenvalue weighted by atomic mass is 79.9. The van der Waals surface area contributed by atoms with E-state index in [0.717, 1.165) is 15.6 Å². The van der Waals surface area contributed by atoms with Crippen molar-refractivity contribution >= 4 is 62.2 Å². The minimum atomic E-state index is -0.893. The number of carboxylic acids is 1. The summed E-state index contributed by atoms with van der Waals surface area (Å²) in [5, 5.41) is 15.9. The first-order valence-corrected chi connectivity index (χ1v) is 9.24. The average molecular weight is 438 g/mol. The Morgan fingerprint density at radius 2 is 2.28 bits per heavy atom. The maximum absolute atomic E-state index is 11.9. The Hall–Kier alpha value is -1.97. The van der Waals surface area contributed by atoms with E-state index in [2.05, 4.69) is 26.3 Å². The lowest BCUT2D eigenvalue weighted by molar-refractivity contribution is -0.137. The van der Waals surface area contributed by atoms with Gasteiger partial charge in [0.05, 0.1) is 23.6 Å². The van der Waals surface area contributed by atoms with Crippen molar-refractivity contribution in [1.29, 1.82) is 0 Å². The van der Waals surface area contributed by atoms with E-state index in [1.807, 2.05) is 24.3 Å². The van der Waals surface area contributed by atoms with Gasteiger partial charge in [0.1, 0.15) is 4.32 Å². The summed E-state index contributed by atoms with van der Waals surface area (Å²) in [5.74, 6) is -1.14. The van der Waals surface area contributed by atoms with Gasteiger partial charge < -0.3 is 10.4 Å². The lowest BCUT2D eigenvalue weighted by Gasteiger charge is -2.00. The fourth-order valence-corrected chi connectivity index (χ4v) is 3.72. The molecule has 25 heavy (non-hydrogen) atoms. The Morgan fingerprint density at radius 3 is 2.92 bits per heavy atom. The zero-order valence-corrected chi connectivity index (χ0v) is 15.9. The second-order valence-corrected chi connectivity index (χ2v) is 7.84. The van der Waals surface area contributed by atoms with Crippen LogP contribution in [-0.4, -0.2) is 31.1 Å². The highest BCUT2D eigenvalue weighted by Crippen LogP contribution is 2.31. The molecule has 0 radical (unpaired) electrons. The van der Waals surface area contributed by atoms with Crippen molar-refractivity contribution in [3.05, 3.63) is 45.4 Å². The molecule has 9 heteroatoms. The largest absolute Gasteiger partial charge is 0.481 e. The van der Waals surface area contributed by atoms with E-state index in [0.29, 0.717) is 14.9 Å². The second-order valence-electron chi connectivity index (χ2n) is 5.20. The summed E-state index contributed by atoms with van der Waals surface area (Å²) in [6.07, 6.45) is 3.43. The molecule has 2 heterocycles. The van der Waals surface area contributed by atoms with Gasteiger partial charge in [0.2, 0.25) is 0 Å². The predicted molar refractivity (Wildman–Crippen MR) is 104 cm³/mol. The number of hydrogen-bond acceptors (Lipinski definition) is 5. The molecule has 1 aromatic carbocycles. The maximum atomic E-state index is 11.9. The quantitative estimate of drug-likeness (QED) is 0.551. The molecule has 6 nitrogen and oxygen atoms in total. The zero-order chi connectivity index (χ0) is 18.0. The standard InChI is InChI=1S/C16H12BrN3O3S2/c17-11-3-1-2-9(6-11)14-10(7-12-15(23)18-16(24)25-12)8-20(19-14)5-4-13(21)22/h1-3,6-8H,4-5H2,(H,21,22)(H,18,23,24)/b12-7+. The molecule has 0 spiro atoms. The number of carbonyl (C=O) groups is 2. The molecule has 1 amide bonds. The van der Waals surface area contributed by atoms with E-state index in [-0.39, 0.29) is 18.9 Å². The molecule has 1 saturated heterocycles. The summed E-state index contributed by atoms with van der Waals surface area (Å²) in [7, 11) is 0. The first-order chi connectivity index (χ1) is 11.9. The van der Waals surface area contributed by atoms with E-state index in [4.69, 9.17) is 17.3 Å². The number of halogens is 1. The summed E-state index contributed by atoms with van der Waals surface area (Å²) in [6, 6.07) is 7.61. The third kappa shape index (κ3) is 4.36. The van der Waals surface area contributed by atoms with Crippen LogP contribution < -0.4 is 5.32 Å². The molecule has 0 atom stereocenters. The average Bonchev–Trinajstić information content (AvgIpc) is 3.09. The number of nitrogens with zero attached hydrogens (tertiary/aromatic N) is 2. The van der Waals surface area contributed by atoms with Gasteiger partial charge in [-0.3, -0.25) is 14.3 Å². The van der Waals surface area contributed by atoms with Gasteiger partial charge in [0.25, 0.3) is 5.91 Å². The highest BCUT2D eigenvalue weighted by molar-refractivity contribution is 9.10. The smallest absolute Gasteiger partial charge is 0.305 e. The van der Waals surface area contributed by atoms with Gasteiger partial charge in [-0.1, -0.05) is 52.0 Å². The molecule has 1 aliphatic rings. The first-order valence-electron chi connectivity index (χ1n) is 7.22. The van der Waals surface area contributed by atoms with Crippen LogP contribution in [0, 0.1) is 0 Å². The summed E-state index contributed by atoms with van der Waals surface area (Å²) in [5.41, 5.74) is 2.26. The summed E-state index contributed by atoms with van der Waals surface area (Å²) >= 11 is 9.63. The number of carbonyl (C=O) groups excluding carboxylic acids is 1. The fourth-order valence-electron chi connectivity index (χ4n) is 2.29. The van der Waals surface area contributed by atoms with Gasteiger partial charge >= 0.3 is 5.97 Å². The molecule has 2 aromatic rings. The van der Waals surface area contributed by atoms with E-state index in [9.17, 15) is 9.59 Å². The number of thioether (sulfide) groups is 1. The molecule has 128 valence electrons. The molecule has 0 unspecified atom stereocenters. The van der Waals surface area contributed by atoms with Crippen LogP contribution in [0.2, 0.25) is 0 Å². The Balaban J connectivity index is 2.02. The monoisotopic (exact) mass is 437 g/mol. The molecule has 0 bridgehead atoms. The number of rotatable bonds is 5. The molecule has 1 fully saturated rings. The molecule has 3 rings (SSSR count). The number of benzene rings is 1. The van der Waals surface area contributed by atoms with E-state index in [1.54, 1.807) is 17.0 Å². The van der Waals surface area contributed by atoms with Crippen LogP contribution >= 0.6 is 39.9 Å². The van der Waals surface area contributed by atoms with Crippen LogP contribution in [0.1, 0.15) is 12.0 Å². The molecule has 1 aliphatic heterocycles. The highest BCUT2D eigenvalue weighted by Gasteiger charge is 2.23. The minimum Gasteiger partial charge on any atom is -0.481 e. The van der Waals surface area contributed by atoms with Crippen LogP contribution in [0.25, 0.3) is 17.3 Å². The second kappa shape index (κ2) is 7.51. The van der Waals surface area contributed by atoms with Gasteiger partial charge in [-0.25, -0.2) is 0 Å². The van der Waals surface area contributed by atoms with E-state index in [1.165, 1.54) is 11.8 Å². The van der Waals surface area contributed by atoms with Gasteiger partial charge in [-0.05, 0) is 18.2 Å². The number of thiocarbonyl (C=S) groups is 1. The third-order valence-corrected chi connectivity index (χ3v) is 5.03. The molecular formula is C16H12BrN3O3S2. The topological polar surface area (TPSA) is 84.2 Å². The number of hydrogen-bond donors (Lipinski definition) is 2. The van der Waals surface area contributed by atoms with Crippen molar-refractivity contribution < 1.29 is 14.7 Å². The van der Waals surface area contributed by atoms with Crippen molar-refractivity contribution in [3.8, 4) is 11.3 Å². The van der Waals surface area contributed by atoms with Gasteiger partial charge in [-0.2, -0.15) is 5.10 Å². The van der Waals surface area contributed by atoms with Crippen LogP contribution in [0.4, 0.5) is 0 Å². The summed E-state index contributed by atoms with van der Waals surface area (Å²) in [6.45, 7) is 0.247. The lowest BCUT2D eigenvalue weighted by atomic mass is 10.1. The number of aryl methyl sites for hydroxylation is 1. The Labute approximate surface area is 161 Å². The number of aromatic nitrogens is 2. The van der Waals surface area contributed by atoms with Crippen LogP contribution in [-0.2, 0) is 16.1 Å². The first kappa shape index (κ1) is 17.8. The number of carboxylic acid groups (broad SMARTS) is 1. The van der Waals surface area contributed by atoms with Crippen molar-refractivity contribution in [3.63, 3.8) is 0 Å². The number of nitrogens with one attached hydrogen (secondary N) is 1. The van der Waals surface area contributed by atoms with Crippen molar-refractivity contribution in [2.24, 2.45) is 0 Å². The van der Waals surface area contributed by atoms with Crippen molar-refractivity contribution in [1.82, 2.24) is 15.1 Å². The fraction of sp³-hybridized carbons (Fsp3) is 0.125. The van der Waals surface area contributed by atoms with E-state index < -0.39 is 5.97 Å². The van der Waals surface area contributed by atoms with Gasteiger partial charge in [0, 0.05) is 21.8 Å². The van der Waals surface area contributed by atoms with Gasteiger partial charge in [-0.15, -0.1) is 0 Å². The van der Waals surface area contributed by atoms with Crippen LogP contribution in [0.15, 0.2) is 39.8 Å². The molecule has 2 N–H and O–H groups in total. The molecule has 0 aliphatic carbocycles. The third-order valence-electron chi connectivity index (χ3n) is 3.37. The Morgan fingerprint density at radius 1 is 1.48 bits per heavy atom. The molecular weight excluding hydrogens is 426 g/mol. The van der Waals surface area contributed by atoms with E-state index >= 15 is 0 Å². The van der Waals surface area contributed by atoms with Crippen LogP contribution in [0.3, 0.4) is 0 Å². The Bertz CT molecular complexity index is 908.